The van der Waals surface area contributed by atoms with Crippen molar-refractivity contribution in [3.63, 3.8) is 0 Å². The summed E-state index contributed by atoms with van der Waals surface area (Å²) in [5.41, 5.74) is 4.82. The predicted molar refractivity (Wildman–Crippen MR) is 59.1 cm³/mol. The first-order valence-corrected chi connectivity index (χ1v) is 6.59. The molecule has 0 bridgehead atoms. The average Bonchev–Trinajstić information content (AvgIpc) is 2.18. The molecule has 0 aromatic rings. The van der Waals surface area contributed by atoms with Crippen molar-refractivity contribution in [2.45, 2.75) is 12.8 Å². The highest BCUT2D eigenvalue weighted by Gasteiger charge is 1.93. The maximum atomic E-state index is 8.29. The lowest BCUT2D eigenvalue weighted by Crippen LogP contribution is -2.06. The van der Waals surface area contributed by atoms with Gasteiger partial charge in [-0.05, 0) is 0 Å². The molecular formula is C6H14N4O4P2. The van der Waals surface area contributed by atoms with Crippen LogP contribution in [0.15, 0.2) is 0 Å². The summed E-state index contributed by atoms with van der Waals surface area (Å²) in [6, 6.07) is 3.69. The molecule has 0 spiro atoms. The number of rotatable bonds is 6. The molecule has 1 unspecified atom stereocenters. The van der Waals surface area contributed by atoms with E-state index >= 15 is 0 Å². The van der Waals surface area contributed by atoms with Gasteiger partial charge in [0.2, 0.25) is 17.1 Å². The van der Waals surface area contributed by atoms with Gasteiger partial charge in [0.25, 0.3) is 0 Å². The molecule has 10 heteroatoms. The summed E-state index contributed by atoms with van der Waals surface area (Å²) >= 11 is 0. The first-order valence-electron chi connectivity index (χ1n) is 4.06. The van der Waals surface area contributed by atoms with Crippen molar-refractivity contribution < 1.29 is 19.2 Å². The highest BCUT2D eigenvalue weighted by atomic mass is 31.2. The van der Waals surface area contributed by atoms with Gasteiger partial charge in [-0.15, -0.1) is 0 Å². The van der Waals surface area contributed by atoms with E-state index in [4.69, 9.17) is 30.7 Å². The molecule has 0 aliphatic carbocycles. The van der Waals surface area contributed by atoms with Gasteiger partial charge in [0.05, 0.1) is 25.2 Å². The third-order valence-corrected chi connectivity index (χ3v) is 1.88. The smallest absolute Gasteiger partial charge is 0.250 e. The van der Waals surface area contributed by atoms with Crippen molar-refractivity contribution in [2.75, 3.05) is 13.2 Å². The van der Waals surface area contributed by atoms with Crippen molar-refractivity contribution in [1.29, 1.82) is 10.5 Å². The summed E-state index contributed by atoms with van der Waals surface area (Å²) < 4.78 is 4.46. The van der Waals surface area contributed by atoms with E-state index < -0.39 is 17.1 Å². The normalized spacial score (nSPS) is 10.9. The lowest BCUT2D eigenvalue weighted by molar-refractivity contribution is 0.318. The van der Waals surface area contributed by atoms with Crippen molar-refractivity contribution in [3.8, 4) is 12.1 Å². The minimum Gasteiger partial charge on any atom is -0.338 e. The molecular weight excluding hydrogens is 254 g/mol. The van der Waals surface area contributed by atoms with Crippen LogP contribution in [0.2, 0.25) is 0 Å². The molecule has 0 rings (SSSR count). The molecule has 0 aromatic carbocycles. The quantitative estimate of drug-likeness (QED) is 0.327. The van der Waals surface area contributed by atoms with Crippen molar-refractivity contribution in [3.05, 3.63) is 0 Å². The van der Waals surface area contributed by atoms with Gasteiger partial charge in [-0.1, -0.05) is 0 Å². The number of nitrogens with one attached hydrogen (secondary N) is 1. The van der Waals surface area contributed by atoms with Crippen LogP contribution < -0.4 is 10.6 Å². The first-order chi connectivity index (χ1) is 7.54. The molecule has 0 amide bonds. The number of nitrogens with zero attached hydrogens (tertiary/aromatic N) is 2. The van der Waals surface area contributed by atoms with Crippen molar-refractivity contribution in [1.82, 2.24) is 5.09 Å². The first kappa shape index (κ1) is 18.0. The van der Waals surface area contributed by atoms with Gasteiger partial charge >= 0.3 is 0 Å². The number of nitrogens with two attached hydrogens (primary N) is 1. The van der Waals surface area contributed by atoms with Gasteiger partial charge in [0.1, 0.15) is 0 Å². The van der Waals surface area contributed by atoms with Crippen LogP contribution >= 0.6 is 17.1 Å². The van der Waals surface area contributed by atoms with Gasteiger partial charge in [-0.25, -0.2) is 5.09 Å². The van der Waals surface area contributed by atoms with Crippen LogP contribution in [0.25, 0.3) is 0 Å². The molecule has 1 atom stereocenters. The lowest BCUT2D eigenvalue weighted by atomic mass is 10.5. The minimum absolute atomic E-state index is 0.217. The highest BCUT2D eigenvalue weighted by Crippen LogP contribution is 2.18. The summed E-state index contributed by atoms with van der Waals surface area (Å²) in [4.78, 5) is 24.6. The van der Waals surface area contributed by atoms with Crippen LogP contribution in [-0.4, -0.2) is 27.8 Å². The molecule has 0 saturated carbocycles. The van der Waals surface area contributed by atoms with Gasteiger partial charge in [0, 0.05) is 13.0 Å². The molecule has 0 heterocycles. The summed E-state index contributed by atoms with van der Waals surface area (Å²) in [5, 5.41) is 18.2. The third-order valence-electron chi connectivity index (χ3n) is 0.927. The maximum absolute atomic E-state index is 8.29. The zero-order valence-electron chi connectivity index (χ0n) is 8.44. The number of nitriles is 2. The summed E-state index contributed by atoms with van der Waals surface area (Å²) in [6.07, 6.45) is 0.580. The molecule has 92 valence electrons. The Bertz CT molecular complexity index is 204. The fourth-order valence-corrected chi connectivity index (χ4v) is 0.987. The molecule has 16 heavy (non-hydrogen) atoms. The van der Waals surface area contributed by atoms with E-state index in [-0.39, 0.29) is 13.0 Å². The van der Waals surface area contributed by atoms with Crippen LogP contribution in [0, 0.1) is 22.7 Å². The van der Waals surface area contributed by atoms with Crippen LogP contribution in [0.1, 0.15) is 12.8 Å². The van der Waals surface area contributed by atoms with Crippen molar-refractivity contribution in [2.24, 2.45) is 5.50 Å². The summed E-state index contributed by atoms with van der Waals surface area (Å²) in [5.74, 6) is 0. The molecule has 0 aliphatic rings. The summed E-state index contributed by atoms with van der Waals surface area (Å²) in [6.45, 7) is 0.560. The van der Waals surface area contributed by atoms with Crippen molar-refractivity contribution >= 4 is 17.1 Å². The standard InChI is InChI=1S/2C3H7N2O2P/c4-2-1-3-7-8(5)6;4-2-1-3-5-8(6)7/h6H,1,3,5H2;5-7H,1,3H2. The molecule has 0 aromatic heterocycles. The Kier molecular flexibility index (Phi) is 16.4. The number of hydrogen-bond donors (Lipinski definition) is 5. The van der Waals surface area contributed by atoms with Gasteiger partial charge < -0.3 is 19.2 Å². The van der Waals surface area contributed by atoms with E-state index in [0.717, 1.165) is 0 Å². The topological polar surface area (TPSA) is 156 Å². The Hall–Kier alpha value is -0.400. The fourth-order valence-electron chi connectivity index (χ4n) is 0.397. The lowest BCUT2D eigenvalue weighted by Gasteiger charge is -1.99. The van der Waals surface area contributed by atoms with E-state index in [0.29, 0.717) is 13.0 Å². The Labute approximate surface area is 96.2 Å². The van der Waals surface area contributed by atoms with E-state index in [1.807, 2.05) is 12.1 Å². The zero-order chi connectivity index (χ0) is 12.8. The SMILES string of the molecule is N#CCCNP(O)O.N#CCCOP(N)O. The van der Waals surface area contributed by atoms with Crippen LogP contribution in [0.5, 0.6) is 0 Å². The fraction of sp³-hybridized carbons (Fsp3) is 0.667. The molecule has 0 radical (unpaired) electrons. The van der Waals surface area contributed by atoms with E-state index in [1.165, 1.54) is 0 Å². The van der Waals surface area contributed by atoms with Crippen LogP contribution in [0.4, 0.5) is 0 Å². The molecule has 0 aliphatic heterocycles. The van der Waals surface area contributed by atoms with Crippen LogP contribution in [-0.2, 0) is 4.52 Å². The van der Waals surface area contributed by atoms with Gasteiger partial charge in [-0.2, -0.15) is 10.5 Å². The average molecular weight is 268 g/mol. The molecule has 0 saturated heterocycles. The second-order valence-electron chi connectivity index (χ2n) is 2.15. The third kappa shape index (κ3) is 23.4. The summed E-state index contributed by atoms with van der Waals surface area (Å²) in [7, 11) is -3.78. The number of hydrogen-bond acceptors (Lipinski definition) is 8. The zero-order valence-corrected chi connectivity index (χ0v) is 10.2. The van der Waals surface area contributed by atoms with E-state index in [1.54, 1.807) is 0 Å². The maximum Gasteiger partial charge on any atom is 0.250 e. The Morgan fingerprint density at radius 3 is 2.12 bits per heavy atom. The molecule has 0 fully saturated rings. The second kappa shape index (κ2) is 14.6. The predicted octanol–water partition coefficient (Wildman–Crippen LogP) is -0.204. The monoisotopic (exact) mass is 268 g/mol. The van der Waals surface area contributed by atoms with E-state index in [2.05, 4.69) is 9.61 Å². The van der Waals surface area contributed by atoms with Crippen LogP contribution in [0.3, 0.4) is 0 Å². The molecule has 8 nitrogen and oxygen atoms in total. The largest absolute Gasteiger partial charge is 0.338 e. The van der Waals surface area contributed by atoms with E-state index in [9.17, 15) is 0 Å². The highest BCUT2D eigenvalue weighted by molar-refractivity contribution is 7.43. The minimum atomic E-state index is -2.01. The molecule has 6 N–H and O–H groups in total. The Morgan fingerprint density at radius 1 is 1.19 bits per heavy atom. The Balaban J connectivity index is 0. The van der Waals surface area contributed by atoms with Gasteiger partial charge in [-0.3, -0.25) is 5.50 Å². The van der Waals surface area contributed by atoms with Gasteiger partial charge in [0.15, 0.2) is 0 Å². The second-order valence-corrected chi connectivity index (χ2v) is 3.91. The Morgan fingerprint density at radius 2 is 1.75 bits per heavy atom.